The molecule has 1 heterocycles. The fourth-order valence-electron chi connectivity index (χ4n) is 2.00. The van der Waals surface area contributed by atoms with E-state index in [1.807, 2.05) is 6.07 Å². The SMILES string of the molecule is CC1(c2ccc(-c3ccccc3)cc2)CN1. The number of rotatable bonds is 2. The minimum atomic E-state index is 0.231. The summed E-state index contributed by atoms with van der Waals surface area (Å²) < 4.78 is 0. The Bertz CT molecular complexity index is 481. The third-order valence-electron chi connectivity index (χ3n) is 3.34. The van der Waals surface area contributed by atoms with Crippen LogP contribution in [0.15, 0.2) is 54.6 Å². The molecular weight excluding hydrogens is 194 g/mol. The quantitative estimate of drug-likeness (QED) is 0.754. The number of benzene rings is 2. The van der Waals surface area contributed by atoms with Gasteiger partial charge in [-0.05, 0) is 23.6 Å². The standard InChI is InChI=1S/C15H15N/c1-15(11-16-15)14-9-7-13(8-10-14)12-5-3-2-4-6-12/h2-10,16H,11H2,1H3. The summed E-state index contributed by atoms with van der Waals surface area (Å²) in [5.41, 5.74) is 4.18. The van der Waals surface area contributed by atoms with Crippen molar-refractivity contribution in [3.8, 4) is 11.1 Å². The van der Waals surface area contributed by atoms with Gasteiger partial charge in [0.1, 0.15) is 0 Å². The molecule has 0 aliphatic carbocycles. The maximum atomic E-state index is 3.39. The van der Waals surface area contributed by atoms with Crippen LogP contribution in [0.4, 0.5) is 0 Å². The smallest absolute Gasteiger partial charge is 0.0533 e. The van der Waals surface area contributed by atoms with Crippen molar-refractivity contribution < 1.29 is 0 Å². The summed E-state index contributed by atoms with van der Waals surface area (Å²) in [5.74, 6) is 0. The molecule has 0 bridgehead atoms. The second-order valence-electron chi connectivity index (χ2n) is 4.63. The van der Waals surface area contributed by atoms with Crippen LogP contribution in [0.2, 0.25) is 0 Å². The minimum absolute atomic E-state index is 0.231. The third-order valence-corrected chi connectivity index (χ3v) is 3.34. The van der Waals surface area contributed by atoms with Crippen LogP contribution < -0.4 is 5.32 Å². The van der Waals surface area contributed by atoms with Crippen LogP contribution >= 0.6 is 0 Å². The van der Waals surface area contributed by atoms with Crippen molar-refractivity contribution in [2.75, 3.05) is 6.54 Å². The molecule has 1 nitrogen and oxygen atoms in total. The highest BCUT2D eigenvalue weighted by atomic mass is 15.1. The van der Waals surface area contributed by atoms with E-state index in [0.717, 1.165) is 6.54 Å². The monoisotopic (exact) mass is 209 g/mol. The number of nitrogens with one attached hydrogen (secondary N) is 1. The predicted octanol–water partition coefficient (Wildman–Crippen LogP) is 3.17. The number of hydrogen-bond donors (Lipinski definition) is 1. The van der Waals surface area contributed by atoms with E-state index >= 15 is 0 Å². The molecule has 1 atom stereocenters. The molecule has 0 radical (unpaired) electrons. The van der Waals surface area contributed by atoms with Crippen molar-refractivity contribution in [3.05, 3.63) is 60.2 Å². The van der Waals surface area contributed by atoms with Crippen molar-refractivity contribution in [3.63, 3.8) is 0 Å². The summed E-state index contributed by atoms with van der Waals surface area (Å²) in [6, 6.07) is 19.3. The lowest BCUT2D eigenvalue weighted by Gasteiger charge is -2.08. The molecular formula is C15H15N. The Balaban J connectivity index is 1.94. The molecule has 2 aromatic rings. The highest BCUT2D eigenvalue weighted by Crippen LogP contribution is 2.31. The summed E-state index contributed by atoms with van der Waals surface area (Å²) in [6.45, 7) is 3.34. The Hall–Kier alpha value is -1.60. The first-order valence-electron chi connectivity index (χ1n) is 5.69. The van der Waals surface area contributed by atoms with Crippen LogP contribution in [0.25, 0.3) is 11.1 Å². The molecule has 1 aliphatic heterocycles. The van der Waals surface area contributed by atoms with Gasteiger partial charge in [0.2, 0.25) is 0 Å². The Morgan fingerprint density at radius 2 is 1.44 bits per heavy atom. The zero-order valence-electron chi connectivity index (χ0n) is 9.40. The van der Waals surface area contributed by atoms with E-state index in [9.17, 15) is 0 Å². The third kappa shape index (κ3) is 1.63. The van der Waals surface area contributed by atoms with Gasteiger partial charge in [0.15, 0.2) is 0 Å². The Morgan fingerprint density at radius 1 is 0.875 bits per heavy atom. The van der Waals surface area contributed by atoms with E-state index in [4.69, 9.17) is 0 Å². The molecule has 1 fully saturated rings. The molecule has 0 amide bonds. The maximum absolute atomic E-state index is 3.39. The van der Waals surface area contributed by atoms with Crippen molar-refractivity contribution in [2.24, 2.45) is 0 Å². The van der Waals surface area contributed by atoms with Crippen LogP contribution in [0.3, 0.4) is 0 Å². The van der Waals surface area contributed by atoms with Crippen LogP contribution in [0.5, 0.6) is 0 Å². The lowest BCUT2D eigenvalue weighted by Crippen LogP contribution is -2.05. The van der Waals surface area contributed by atoms with Crippen molar-refractivity contribution in [1.29, 1.82) is 0 Å². The van der Waals surface area contributed by atoms with Gasteiger partial charge in [-0.1, -0.05) is 54.6 Å². The maximum Gasteiger partial charge on any atom is 0.0533 e. The largest absolute Gasteiger partial charge is 0.304 e. The fraction of sp³-hybridized carbons (Fsp3) is 0.200. The molecule has 80 valence electrons. The van der Waals surface area contributed by atoms with Gasteiger partial charge in [0.05, 0.1) is 5.54 Å². The van der Waals surface area contributed by atoms with Gasteiger partial charge in [-0.3, -0.25) is 0 Å². The molecule has 2 aromatic carbocycles. The molecule has 0 spiro atoms. The predicted molar refractivity (Wildman–Crippen MR) is 67.2 cm³/mol. The molecule has 1 unspecified atom stereocenters. The zero-order chi connectivity index (χ0) is 11.0. The summed E-state index contributed by atoms with van der Waals surface area (Å²) in [4.78, 5) is 0. The molecule has 1 heteroatoms. The highest BCUT2D eigenvalue weighted by molar-refractivity contribution is 5.63. The Labute approximate surface area is 96.1 Å². The fourth-order valence-corrected chi connectivity index (χ4v) is 2.00. The zero-order valence-corrected chi connectivity index (χ0v) is 9.40. The number of hydrogen-bond acceptors (Lipinski definition) is 1. The van der Waals surface area contributed by atoms with Crippen LogP contribution in [-0.2, 0) is 5.54 Å². The van der Waals surface area contributed by atoms with E-state index in [-0.39, 0.29) is 5.54 Å². The van der Waals surface area contributed by atoms with Gasteiger partial charge in [-0.2, -0.15) is 0 Å². The van der Waals surface area contributed by atoms with Crippen LogP contribution in [0.1, 0.15) is 12.5 Å². The minimum Gasteiger partial charge on any atom is -0.304 e. The average molecular weight is 209 g/mol. The van der Waals surface area contributed by atoms with Crippen molar-refractivity contribution in [2.45, 2.75) is 12.5 Å². The summed E-state index contributed by atoms with van der Waals surface area (Å²) >= 11 is 0. The van der Waals surface area contributed by atoms with E-state index in [0.29, 0.717) is 0 Å². The van der Waals surface area contributed by atoms with E-state index in [1.54, 1.807) is 0 Å². The lowest BCUT2D eigenvalue weighted by molar-refractivity contribution is 0.764. The van der Waals surface area contributed by atoms with Gasteiger partial charge in [0.25, 0.3) is 0 Å². The van der Waals surface area contributed by atoms with Gasteiger partial charge in [-0.25, -0.2) is 0 Å². The van der Waals surface area contributed by atoms with Crippen LogP contribution in [-0.4, -0.2) is 6.54 Å². The molecule has 1 N–H and O–H groups in total. The molecule has 1 saturated heterocycles. The van der Waals surface area contributed by atoms with Crippen molar-refractivity contribution >= 4 is 0 Å². The molecule has 3 rings (SSSR count). The first-order valence-corrected chi connectivity index (χ1v) is 5.69. The van der Waals surface area contributed by atoms with Gasteiger partial charge in [0, 0.05) is 6.54 Å². The first-order chi connectivity index (χ1) is 7.78. The van der Waals surface area contributed by atoms with Gasteiger partial charge in [-0.15, -0.1) is 0 Å². The van der Waals surface area contributed by atoms with Gasteiger partial charge < -0.3 is 5.32 Å². The molecule has 0 saturated carbocycles. The van der Waals surface area contributed by atoms with Gasteiger partial charge >= 0.3 is 0 Å². The topological polar surface area (TPSA) is 21.9 Å². The second-order valence-corrected chi connectivity index (χ2v) is 4.63. The first kappa shape index (κ1) is 9.61. The Kier molecular flexibility index (Phi) is 2.08. The second kappa shape index (κ2) is 3.46. The highest BCUT2D eigenvalue weighted by Gasteiger charge is 2.37. The van der Waals surface area contributed by atoms with E-state index in [2.05, 4.69) is 60.8 Å². The molecule has 16 heavy (non-hydrogen) atoms. The van der Waals surface area contributed by atoms with Crippen LogP contribution in [0, 0.1) is 0 Å². The molecule has 1 aliphatic rings. The Morgan fingerprint density at radius 3 is 2.00 bits per heavy atom. The summed E-state index contributed by atoms with van der Waals surface area (Å²) in [5, 5.41) is 3.39. The summed E-state index contributed by atoms with van der Waals surface area (Å²) in [6.07, 6.45) is 0. The van der Waals surface area contributed by atoms with E-state index in [1.165, 1.54) is 16.7 Å². The summed E-state index contributed by atoms with van der Waals surface area (Å²) in [7, 11) is 0. The normalized spacial score (nSPS) is 23.1. The molecule has 0 aromatic heterocycles. The lowest BCUT2D eigenvalue weighted by atomic mass is 9.98. The average Bonchev–Trinajstić information content (AvgIpc) is 3.10. The van der Waals surface area contributed by atoms with Crippen molar-refractivity contribution in [1.82, 2.24) is 5.32 Å². The van der Waals surface area contributed by atoms with E-state index < -0.39 is 0 Å².